The van der Waals surface area contributed by atoms with Crippen LogP contribution < -0.4 is 0 Å². The average molecular weight is 182 g/mol. The molecule has 0 amide bonds. The van der Waals surface area contributed by atoms with Gasteiger partial charge in [-0.15, -0.1) is 11.8 Å². The molecule has 0 radical (unpaired) electrons. The van der Waals surface area contributed by atoms with Gasteiger partial charge in [0.2, 0.25) is 0 Å². The first kappa shape index (κ1) is 7.80. The molecule has 1 nitrogen and oxygen atoms in total. The van der Waals surface area contributed by atoms with E-state index in [-0.39, 0.29) is 11.6 Å². The van der Waals surface area contributed by atoms with Gasteiger partial charge in [0.05, 0.1) is 5.75 Å². The first-order valence-electron chi connectivity index (χ1n) is 3.65. The number of carbonyl (C=O) groups is 1. The zero-order chi connectivity index (χ0) is 8.72. The van der Waals surface area contributed by atoms with Gasteiger partial charge in [0.25, 0.3) is 0 Å². The molecule has 0 spiro atoms. The van der Waals surface area contributed by atoms with Gasteiger partial charge in [-0.2, -0.15) is 0 Å². The van der Waals surface area contributed by atoms with Crippen LogP contribution in [0.3, 0.4) is 0 Å². The number of benzene rings is 1. The smallest absolute Gasteiger partial charge is 0.174 e. The lowest BCUT2D eigenvalue weighted by Gasteiger charge is -2.01. The van der Waals surface area contributed by atoms with Crippen molar-refractivity contribution in [3.63, 3.8) is 0 Å². The van der Waals surface area contributed by atoms with Crippen molar-refractivity contribution in [3.8, 4) is 0 Å². The molecule has 0 aliphatic carbocycles. The molecule has 1 aliphatic heterocycles. The average Bonchev–Trinajstić information content (AvgIpc) is 2.41. The fourth-order valence-electron chi connectivity index (χ4n) is 1.34. The van der Waals surface area contributed by atoms with Crippen molar-refractivity contribution >= 4 is 17.5 Å². The van der Waals surface area contributed by atoms with Crippen LogP contribution >= 0.6 is 11.8 Å². The molecule has 3 heteroatoms. The van der Waals surface area contributed by atoms with E-state index in [9.17, 15) is 9.18 Å². The van der Waals surface area contributed by atoms with Crippen molar-refractivity contribution < 1.29 is 9.18 Å². The van der Waals surface area contributed by atoms with Gasteiger partial charge in [0.15, 0.2) is 5.78 Å². The topological polar surface area (TPSA) is 17.1 Å². The molecule has 1 aromatic rings. The van der Waals surface area contributed by atoms with E-state index in [0.717, 1.165) is 4.90 Å². The van der Waals surface area contributed by atoms with Crippen molar-refractivity contribution in [1.82, 2.24) is 0 Å². The Hall–Kier alpha value is -0.830. The Labute approximate surface area is 74.0 Å². The fourth-order valence-corrected chi connectivity index (χ4v) is 2.35. The van der Waals surface area contributed by atoms with Crippen molar-refractivity contribution in [3.05, 3.63) is 29.1 Å². The lowest BCUT2D eigenvalue weighted by molar-refractivity contribution is 0.102. The molecule has 1 aromatic carbocycles. The maximum absolute atomic E-state index is 13.0. The summed E-state index contributed by atoms with van der Waals surface area (Å²) in [4.78, 5) is 12.2. The molecule has 0 saturated carbocycles. The molecule has 1 aliphatic rings. The van der Waals surface area contributed by atoms with Gasteiger partial charge in [-0.3, -0.25) is 4.79 Å². The molecule has 0 unspecified atom stereocenters. The normalized spacial score (nSPS) is 15.0. The number of ketones is 1. The molecule has 0 atom stereocenters. The lowest BCUT2D eigenvalue weighted by atomic mass is 10.1. The van der Waals surface area contributed by atoms with Gasteiger partial charge in [-0.25, -0.2) is 4.39 Å². The molecular formula is C9H7FOS. The number of carbonyl (C=O) groups excluding carboxylic acids is 1. The van der Waals surface area contributed by atoms with Crippen LogP contribution in [0.25, 0.3) is 0 Å². The molecule has 0 fully saturated rings. The summed E-state index contributed by atoms with van der Waals surface area (Å²) in [7, 11) is 0. The largest absolute Gasteiger partial charge is 0.293 e. The molecule has 0 bridgehead atoms. The summed E-state index contributed by atoms with van der Waals surface area (Å²) >= 11 is 1.48. The molecule has 12 heavy (non-hydrogen) atoms. The van der Waals surface area contributed by atoms with E-state index in [4.69, 9.17) is 0 Å². The fraction of sp³-hybridized carbons (Fsp3) is 0.222. The Kier molecular flexibility index (Phi) is 1.68. The summed E-state index contributed by atoms with van der Waals surface area (Å²) in [6.07, 6.45) is 0. The van der Waals surface area contributed by atoms with Crippen LogP contribution in [0.15, 0.2) is 17.0 Å². The molecular weight excluding hydrogens is 175 g/mol. The van der Waals surface area contributed by atoms with E-state index in [1.54, 1.807) is 13.0 Å². The molecule has 0 saturated heterocycles. The van der Waals surface area contributed by atoms with Crippen molar-refractivity contribution in [2.75, 3.05) is 5.75 Å². The minimum Gasteiger partial charge on any atom is -0.293 e. The zero-order valence-corrected chi connectivity index (χ0v) is 7.37. The number of hydrogen-bond acceptors (Lipinski definition) is 2. The van der Waals surface area contributed by atoms with Gasteiger partial charge >= 0.3 is 0 Å². The number of hydrogen-bond donors (Lipinski definition) is 0. The summed E-state index contributed by atoms with van der Waals surface area (Å²) in [6, 6.07) is 3.09. The van der Waals surface area contributed by atoms with Gasteiger partial charge in [-0.05, 0) is 24.6 Å². The summed E-state index contributed by atoms with van der Waals surface area (Å²) in [5.41, 5.74) is 1.07. The highest BCUT2D eigenvalue weighted by Gasteiger charge is 2.23. The lowest BCUT2D eigenvalue weighted by Crippen LogP contribution is -1.99. The number of halogens is 1. The second kappa shape index (κ2) is 2.59. The summed E-state index contributed by atoms with van der Waals surface area (Å²) < 4.78 is 13.0. The van der Waals surface area contributed by atoms with E-state index in [0.29, 0.717) is 16.9 Å². The second-order valence-electron chi connectivity index (χ2n) is 2.76. The number of rotatable bonds is 0. The van der Waals surface area contributed by atoms with Crippen LogP contribution in [0.1, 0.15) is 15.9 Å². The van der Waals surface area contributed by atoms with Crippen LogP contribution in [-0.2, 0) is 0 Å². The SMILES string of the molecule is Cc1c(F)ccc2c1C(=O)CS2. The van der Waals surface area contributed by atoms with E-state index in [1.165, 1.54) is 17.8 Å². The number of Topliss-reactive ketones (excluding diaryl/α,β-unsaturated/α-hetero) is 1. The zero-order valence-electron chi connectivity index (χ0n) is 6.56. The highest BCUT2D eigenvalue weighted by atomic mass is 32.2. The quantitative estimate of drug-likeness (QED) is 0.613. The standard InChI is InChI=1S/C9H7FOS/c1-5-6(10)2-3-8-9(5)7(11)4-12-8/h2-3H,4H2,1H3. The minimum atomic E-state index is -0.287. The summed E-state index contributed by atoms with van der Waals surface area (Å²) in [5.74, 6) is 0.219. The van der Waals surface area contributed by atoms with Gasteiger partial charge in [-0.1, -0.05) is 0 Å². The minimum absolute atomic E-state index is 0.0481. The maximum Gasteiger partial charge on any atom is 0.174 e. The monoisotopic (exact) mass is 182 g/mol. The third kappa shape index (κ3) is 0.966. The van der Waals surface area contributed by atoms with Crippen LogP contribution in [-0.4, -0.2) is 11.5 Å². The molecule has 0 N–H and O–H groups in total. The van der Waals surface area contributed by atoms with Crippen LogP contribution in [0.4, 0.5) is 4.39 Å². The van der Waals surface area contributed by atoms with Gasteiger partial charge in [0, 0.05) is 10.5 Å². The first-order valence-corrected chi connectivity index (χ1v) is 4.64. The molecule has 62 valence electrons. The van der Waals surface area contributed by atoms with Crippen molar-refractivity contribution in [1.29, 1.82) is 0 Å². The summed E-state index contributed by atoms with van der Waals surface area (Å²) in [5, 5.41) is 0. The van der Waals surface area contributed by atoms with Crippen molar-refractivity contribution in [2.45, 2.75) is 11.8 Å². The predicted molar refractivity (Wildman–Crippen MR) is 46.2 cm³/mol. The number of thioether (sulfide) groups is 1. The van der Waals surface area contributed by atoms with E-state index in [2.05, 4.69) is 0 Å². The van der Waals surface area contributed by atoms with Crippen LogP contribution in [0, 0.1) is 12.7 Å². The summed E-state index contributed by atoms with van der Waals surface area (Å²) in [6.45, 7) is 1.65. The third-order valence-electron chi connectivity index (χ3n) is 2.00. The molecule has 0 aromatic heterocycles. The van der Waals surface area contributed by atoms with Gasteiger partial charge < -0.3 is 0 Å². The molecule has 1 heterocycles. The first-order chi connectivity index (χ1) is 5.70. The Balaban J connectivity index is 2.71. The highest BCUT2D eigenvalue weighted by molar-refractivity contribution is 8.00. The van der Waals surface area contributed by atoms with Crippen molar-refractivity contribution in [2.24, 2.45) is 0 Å². The maximum atomic E-state index is 13.0. The Bertz CT molecular complexity index is 360. The van der Waals surface area contributed by atoms with E-state index < -0.39 is 0 Å². The predicted octanol–water partition coefficient (Wildman–Crippen LogP) is 2.42. The van der Waals surface area contributed by atoms with E-state index >= 15 is 0 Å². The Morgan fingerprint density at radius 2 is 2.25 bits per heavy atom. The third-order valence-corrected chi connectivity index (χ3v) is 3.06. The molecule has 2 rings (SSSR count). The van der Waals surface area contributed by atoms with Gasteiger partial charge in [0.1, 0.15) is 5.82 Å². The van der Waals surface area contributed by atoms with E-state index in [1.807, 2.05) is 0 Å². The highest BCUT2D eigenvalue weighted by Crippen LogP contribution is 2.33. The van der Waals surface area contributed by atoms with Crippen LogP contribution in [0.2, 0.25) is 0 Å². The van der Waals surface area contributed by atoms with Crippen LogP contribution in [0.5, 0.6) is 0 Å². The second-order valence-corrected chi connectivity index (χ2v) is 3.77. The number of fused-ring (bicyclic) bond motifs is 1. The Morgan fingerprint density at radius 3 is 3.00 bits per heavy atom. The Morgan fingerprint density at radius 1 is 1.50 bits per heavy atom.